The van der Waals surface area contributed by atoms with Crippen molar-refractivity contribution in [2.45, 2.75) is 315 Å². The van der Waals surface area contributed by atoms with Gasteiger partial charge in [0.05, 0.1) is 33.8 Å². The van der Waals surface area contributed by atoms with E-state index in [0.717, 1.165) is 109 Å². The van der Waals surface area contributed by atoms with E-state index in [0.29, 0.717) is 17.4 Å². The number of rotatable bonds is 61. The van der Waals surface area contributed by atoms with Crippen LogP contribution in [-0.2, 0) is 27.9 Å². The first-order valence-electron chi connectivity index (χ1n) is 33.9. The first-order chi connectivity index (χ1) is 39.4. The second-order valence-corrected chi connectivity index (χ2v) is 25.4. The van der Waals surface area contributed by atoms with Crippen molar-refractivity contribution in [1.29, 1.82) is 0 Å². The standard InChI is InChI=1S/C71H129N2O7P/c1-7-10-13-16-19-22-25-28-30-31-32-33-34-35-36-37-38-39-40-41-43-46-49-52-55-58-61-64-71(75)80-69(62-59-56-53-50-47-44-27-24-21-18-15-12-9-3)68(67-79-81(76,77)78-66-65-73(4,5)6)72-70(74)63-60-57-54-51-48-45-42-29-26-23-20-17-14-11-8-2/h10,13,19,22-23,26,28,30,32-33,35-36,59,62,68-69H,7-9,11-12,14-18,20-21,24-25,27,29,31,34,37-58,60-61,63-67H2,1-6H3,(H-,72,74,76,77)/b13-10-,22-19-,26-23-,30-28-,33-32-,36-35-,62-59-. The minimum absolute atomic E-state index is 0.0255. The summed E-state index contributed by atoms with van der Waals surface area (Å²) in [5.41, 5.74) is 0. The molecular weight excluding hydrogens is 1020 g/mol. The number of phosphoric acid groups is 1. The highest BCUT2D eigenvalue weighted by molar-refractivity contribution is 7.45. The molecule has 0 spiro atoms. The number of esters is 1. The zero-order chi connectivity index (χ0) is 59.3. The van der Waals surface area contributed by atoms with Gasteiger partial charge in [0.1, 0.15) is 19.3 Å². The summed E-state index contributed by atoms with van der Waals surface area (Å²) >= 11 is 0. The number of phosphoric ester groups is 1. The Hall–Kier alpha value is -2.81. The van der Waals surface area contributed by atoms with Gasteiger partial charge in [-0.1, -0.05) is 273 Å². The van der Waals surface area contributed by atoms with Gasteiger partial charge in [-0.3, -0.25) is 14.2 Å². The summed E-state index contributed by atoms with van der Waals surface area (Å²) in [6.45, 7) is 6.73. The molecule has 3 atom stereocenters. The second-order valence-electron chi connectivity index (χ2n) is 23.9. The molecule has 81 heavy (non-hydrogen) atoms. The topological polar surface area (TPSA) is 114 Å². The molecule has 0 aliphatic heterocycles. The van der Waals surface area contributed by atoms with Crippen molar-refractivity contribution in [2.24, 2.45) is 0 Å². The van der Waals surface area contributed by atoms with E-state index in [2.05, 4.69) is 99.0 Å². The van der Waals surface area contributed by atoms with Gasteiger partial charge in [0.2, 0.25) is 5.91 Å². The maximum absolute atomic E-state index is 13.6. The third kappa shape index (κ3) is 61.6. The zero-order valence-electron chi connectivity index (χ0n) is 53.7. The first-order valence-corrected chi connectivity index (χ1v) is 35.4. The molecule has 0 aliphatic rings. The fourth-order valence-corrected chi connectivity index (χ4v) is 10.3. The quantitative estimate of drug-likeness (QED) is 0.0212. The maximum atomic E-state index is 13.6. The van der Waals surface area contributed by atoms with Crippen molar-refractivity contribution in [2.75, 3.05) is 40.9 Å². The number of hydrogen-bond donors (Lipinski definition) is 1. The highest BCUT2D eigenvalue weighted by Crippen LogP contribution is 2.38. The van der Waals surface area contributed by atoms with E-state index in [1.165, 1.54) is 161 Å². The van der Waals surface area contributed by atoms with Crippen LogP contribution in [0.25, 0.3) is 0 Å². The lowest BCUT2D eigenvalue weighted by molar-refractivity contribution is -0.870. The summed E-state index contributed by atoms with van der Waals surface area (Å²) in [4.78, 5) is 40.1. The largest absolute Gasteiger partial charge is 0.756 e. The molecule has 0 aromatic heterocycles. The van der Waals surface area contributed by atoms with Gasteiger partial charge in [-0.2, -0.15) is 0 Å². The molecule has 10 heteroatoms. The van der Waals surface area contributed by atoms with E-state index in [1.54, 1.807) is 0 Å². The number of carbonyl (C=O) groups is 2. The van der Waals surface area contributed by atoms with Crippen LogP contribution in [0.1, 0.15) is 303 Å². The molecule has 1 amide bonds. The zero-order valence-corrected chi connectivity index (χ0v) is 54.6. The van der Waals surface area contributed by atoms with Gasteiger partial charge in [-0.05, 0) is 102 Å². The van der Waals surface area contributed by atoms with Crippen molar-refractivity contribution in [3.8, 4) is 0 Å². The van der Waals surface area contributed by atoms with Crippen LogP contribution < -0.4 is 10.2 Å². The number of ether oxygens (including phenoxy) is 1. The number of carbonyl (C=O) groups excluding carboxylic acids is 2. The van der Waals surface area contributed by atoms with E-state index in [4.69, 9.17) is 13.8 Å². The number of hydrogen-bond acceptors (Lipinski definition) is 7. The average molecular weight is 1150 g/mol. The fourth-order valence-electron chi connectivity index (χ4n) is 9.60. The summed E-state index contributed by atoms with van der Waals surface area (Å²) < 4.78 is 30.4. The summed E-state index contributed by atoms with van der Waals surface area (Å²) in [7, 11) is 1.18. The molecule has 0 heterocycles. The number of nitrogens with one attached hydrogen (secondary N) is 1. The lowest BCUT2D eigenvalue weighted by atomic mass is 10.0. The Balaban J connectivity index is 5.10. The van der Waals surface area contributed by atoms with Gasteiger partial charge < -0.3 is 28.5 Å². The Bertz CT molecular complexity index is 1660. The third-order valence-corrected chi connectivity index (χ3v) is 15.8. The molecule has 0 aliphatic carbocycles. The van der Waals surface area contributed by atoms with Crippen molar-refractivity contribution in [3.63, 3.8) is 0 Å². The van der Waals surface area contributed by atoms with Crippen molar-refractivity contribution in [3.05, 3.63) is 85.1 Å². The van der Waals surface area contributed by atoms with Gasteiger partial charge >= 0.3 is 5.97 Å². The predicted octanol–water partition coefficient (Wildman–Crippen LogP) is 20.7. The van der Waals surface area contributed by atoms with Gasteiger partial charge in [0.25, 0.3) is 7.82 Å². The summed E-state index contributed by atoms with van der Waals surface area (Å²) in [5, 5.41) is 3.03. The molecule has 1 N–H and O–H groups in total. The van der Waals surface area contributed by atoms with Crippen LogP contribution in [-0.4, -0.2) is 69.4 Å². The molecule has 0 saturated heterocycles. The highest BCUT2D eigenvalue weighted by Gasteiger charge is 2.27. The van der Waals surface area contributed by atoms with Gasteiger partial charge in [0, 0.05) is 12.8 Å². The Morgan fingerprint density at radius 2 is 0.790 bits per heavy atom. The molecule has 0 bridgehead atoms. The molecule has 470 valence electrons. The first kappa shape index (κ1) is 78.2. The number of likely N-dealkylation sites (N-methyl/N-ethyl adjacent to an activating group) is 1. The van der Waals surface area contributed by atoms with E-state index in [9.17, 15) is 19.0 Å². The molecule has 0 saturated carbocycles. The van der Waals surface area contributed by atoms with Crippen LogP contribution in [0, 0.1) is 0 Å². The summed E-state index contributed by atoms with van der Waals surface area (Å²) in [6.07, 6.45) is 79.8. The van der Waals surface area contributed by atoms with E-state index in [-0.39, 0.29) is 24.9 Å². The van der Waals surface area contributed by atoms with Crippen LogP contribution in [0.5, 0.6) is 0 Å². The van der Waals surface area contributed by atoms with Crippen molar-refractivity contribution in [1.82, 2.24) is 5.32 Å². The second kappa shape index (κ2) is 60.3. The molecular formula is C71H129N2O7P. The highest BCUT2D eigenvalue weighted by atomic mass is 31.2. The normalized spacial score (nSPS) is 14.1. The molecule has 0 rings (SSSR count). The maximum Gasteiger partial charge on any atom is 0.306 e. The predicted molar refractivity (Wildman–Crippen MR) is 348 cm³/mol. The van der Waals surface area contributed by atoms with Crippen LogP contribution in [0.3, 0.4) is 0 Å². The fraction of sp³-hybridized carbons (Fsp3) is 0.775. The van der Waals surface area contributed by atoms with Gasteiger partial charge in [-0.15, -0.1) is 0 Å². The van der Waals surface area contributed by atoms with E-state index in [1.807, 2.05) is 33.3 Å². The monoisotopic (exact) mass is 1150 g/mol. The molecule has 3 unspecified atom stereocenters. The molecule has 0 aromatic rings. The van der Waals surface area contributed by atoms with Crippen molar-refractivity contribution < 1.29 is 37.3 Å². The SMILES string of the molecule is CC/C=C\C/C=C\C/C=C\C/C=C\C/C=C\CCCCCCCCCCCCCC(=O)OC(/C=C\CCCCCCCCCCCCC)C(COP(=O)([O-])OCC[N+](C)(C)C)NC(=O)CCCCCCCCC/C=C\CCCCCC. The van der Waals surface area contributed by atoms with Crippen LogP contribution in [0.15, 0.2) is 85.1 Å². The Kier molecular flexibility index (Phi) is 58.2. The summed E-state index contributed by atoms with van der Waals surface area (Å²) in [5.74, 6) is -0.545. The Labute approximate surface area is 501 Å². The van der Waals surface area contributed by atoms with E-state index < -0.39 is 26.6 Å². The molecule has 0 aromatic carbocycles. The number of allylic oxidation sites excluding steroid dienone is 13. The molecule has 0 radical (unpaired) electrons. The minimum Gasteiger partial charge on any atom is -0.756 e. The lowest BCUT2D eigenvalue weighted by Gasteiger charge is -2.30. The molecule has 9 nitrogen and oxygen atoms in total. The Morgan fingerprint density at radius 3 is 1.21 bits per heavy atom. The van der Waals surface area contributed by atoms with Crippen LogP contribution in [0.4, 0.5) is 0 Å². The minimum atomic E-state index is -4.71. The number of nitrogens with zero attached hydrogens (tertiary/aromatic N) is 1. The average Bonchev–Trinajstić information content (AvgIpc) is 3.44. The van der Waals surface area contributed by atoms with Crippen molar-refractivity contribution >= 4 is 19.7 Å². The van der Waals surface area contributed by atoms with Gasteiger partial charge in [0.15, 0.2) is 0 Å². The van der Waals surface area contributed by atoms with Crippen LogP contribution >= 0.6 is 7.82 Å². The Morgan fingerprint density at radius 1 is 0.444 bits per heavy atom. The number of amides is 1. The number of quaternary nitrogens is 1. The number of unbranched alkanes of at least 4 members (excludes halogenated alkanes) is 33. The molecule has 0 fully saturated rings. The van der Waals surface area contributed by atoms with E-state index >= 15 is 0 Å². The van der Waals surface area contributed by atoms with Crippen LogP contribution in [0.2, 0.25) is 0 Å². The lowest BCUT2D eigenvalue weighted by Crippen LogP contribution is -2.47. The third-order valence-electron chi connectivity index (χ3n) is 14.8. The van der Waals surface area contributed by atoms with Gasteiger partial charge in [-0.25, -0.2) is 0 Å². The summed E-state index contributed by atoms with van der Waals surface area (Å²) in [6, 6.07) is -0.895. The smallest absolute Gasteiger partial charge is 0.306 e.